The summed E-state index contributed by atoms with van der Waals surface area (Å²) in [6.45, 7) is 1.06. The maximum absolute atomic E-state index is 9.57. The Labute approximate surface area is 83.5 Å². The van der Waals surface area contributed by atoms with Crippen LogP contribution in [0.3, 0.4) is 0 Å². The van der Waals surface area contributed by atoms with Crippen LogP contribution in [0.4, 0.5) is 0 Å². The molecule has 3 N–H and O–H groups in total. The van der Waals surface area contributed by atoms with Crippen LogP contribution in [0.5, 0.6) is 5.75 Å². The highest BCUT2D eigenvalue weighted by Gasteiger charge is 2.13. The predicted octanol–water partition coefficient (Wildman–Crippen LogP) is 1.00. The first-order chi connectivity index (χ1) is 6.81. The molecule has 1 aromatic carbocycles. The maximum atomic E-state index is 9.57. The summed E-state index contributed by atoms with van der Waals surface area (Å²) in [6.07, 6.45) is 1.53. The summed E-state index contributed by atoms with van der Waals surface area (Å²) in [5.41, 5.74) is 7.47. The molecular formula is C11H15NO2. The minimum atomic E-state index is -0.553. The molecule has 0 amide bonds. The van der Waals surface area contributed by atoms with E-state index in [2.05, 4.69) is 0 Å². The molecule has 3 nitrogen and oxygen atoms in total. The van der Waals surface area contributed by atoms with E-state index in [9.17, 15) is 5.11 Å². The lowest BCUT2D eigenvalue weighted by molar-refractivity contribution is 0.186. The summed E-state index contributed by atoms with van der Waals surface area (Å²) in [5.74, 6) is 0.948. The Bertz CT molecular complexity index is 325. The van der Waals surface area contributed by atoms with Gasteiger partial charge in [0.15, 0.2) is 0 Å². The van der Waals surface area contributed by atoms with Crippen molar-refractivity contribution in [3.8, 4) is 5.75 Å². The van der Waals surface area contributed by atoms with Crippen molar-refractivity contribution in [2.75, 3.05) is 13.2 Å². The van der Waals surface area contributed by atoms with Crippen LogP contribution >= 0.6 is 0 Å². The molecule has 1 heterocycles. The van der Waals surface area contributed by atoms with Gasteiger partial charge in [0.2, 0.25) is 0 Å². The summed E-state index contributed by atoms with van der Waals surface area (Å²) < 4.78 is 5.48. The Kier molecular flexibility index (Phi) is 2.70. The Hall–Kier alpha value is -1.06. The molecule has 1 aliphatic heterocycles. The number of aliphatic hydroxyl groups is 1. The largest absolute Gasteiger partial charge is 0.493 e. The fourth-order valence-electron chi connectivity index (χ4n) is 1.72. The van der Waals surface area contributed by atoms with Crippen molar-refractivity contribution in [3.63, 3.8) is 0 Å². The van der Waals surface area contributed by atoms with Gasteiger partial charge in [0.25, 0.3) is 0 Å². The standard InChI is InChI=1S/C11H15NO2/c12-7-10(13)8-3-4-11-9(6-8)2-1-5-14-11/h3-4,6,10,13H,1-2,5,7,12H2. The fourth-order valence-corrected chi connectivity index (χ4v) is 1.72. The zero-order chi connectivity index (χ0) is 9.97. The first kappa shape index (κ1) is 9.49. The Morgan fingerprint density at radius 3 is 3.14 bits per heavy atom. The number of fused-ring (bicyclic) bond motifs is 1. The molecule has 0 saturated heterocycles. The lowest BCUT2D eigenvalue weighted by Crippen LogP contribution is -2.13. The second kappa shape index (κ2) is 3.98. The van der Waals surface area contributed by atoms with Gasteiger partial charge in [-0.1, -0.05) is 6.07 Å². The highest BCUT2D eigenvalue weighted by Crippen LogP contribution is 2.27. The molecule has 1 aliphatic rings. The zero-order valence-corrected chi connectivity index (χ0v) is 8.07. The van der Waals surface area contributed by atoms with Crippen molar-refractivity contribution in [3.05, 3.63) is 29.3 Å². The molecule has 0 aromatic heterocycles. The number of aliphatic hydroxyl groups excluding tert-OH is 1. The molecule has 0 radical (unpaired) electrons. The average molecular weight is 193 g/mol. The SMILES string of the molecule is NCC(O)c1ccc2c(c1)CCCO2. The number of ether oxygens (including phenoxy) is 1. The topological polar surface area (TPSA) is 55.5 Å². The van der Waals surface area contributed by atoms with Gasteiger partial charge in [0, 0.05) is 6.54 Å². The molecule has 0 bridgehead atoms. The molecule has 0 spiro atoms. The summed E-state index contributed by atoms with van der Waals surface area (Å²) in [6, 6.07) is 5.79. The van der Waals surface area contributed by atoms with Crippen LogP contribution in [-0.4, -0.2) is 18.3 Å². The van der Waals surface area contributed by atoms with Crippen molar-refractivity contribution < 1.29 is 9.84 Å². The minimum absolute atomic E-state index is 0.264. The molecule has 76 valence electrons. The molecule has 1 aromatic rings. The Morgan fingerprint density at radius 2 is 2.36 bits per heavy atom. The first-order valence-corrected chi connectivity index (χ1v) is 4.95. The third kappa shape index (κ3) is 1.74. The van der Waals surface area contributed by atoms with E-state index < -0.39 is 6.10 Å². The third-order valence-electron chi connectivity index (χ3n) is 2.54. The van der Waals surface area contributed by atoms with Crippen molar-refractivity contribution in [2.45, 2.75) is 18.9 Å². The lowest BCUT2D eigenvalue weighted by atomic mass is 10.0. The summed E-state index contributed by atoms with van der Waals surface area (Å²) in [7, 11) is 0. The van der Waals surface area contributed by atoms with E-state index in [0.29, 0.717) is 0 Å². The quantitative estimate of drug-likeness (QED) is 0.736. The van der Waals surface area contributed by atoms with Crippen molar-refractivity contribution in [1.29, 1.82) is 0 Å². The van der Waals surface area contributed by atoms with Crippen LogP contribution < -0.4 is 10.5 Å². The number of benzene rings is 1. The van der Waals surface area contributed by atoms with Crippen LogP contribution in [0.15, 0.2) is 18.2 Å². The molecule has 2 rings (SSSR count). The minimum Gasteiger partial charge on any atom is -0.493 e. The van der Waals surface area contributed by atoms with E-state index >= 15 is 0 Å². The molecule has 1 unspecified atom stereocenters. The maximum Gasteiger partial charge on any atom is 0.122 e. The molecule has 3 heteroatoms. The van der Waals surface area contributed by atoms with Crippen LogP contribution in [-0.2, 0) is 6.42 Å². The highest BCUT2D eigenvalue weighted by atomic mass is 16.5. The molecule has 1 atom stereocenters. The molecular weight excluding hydrogens is 178 g/mol. The van der Waals surface area contributed by atoms with Gasteiger partial charge in [-0.05, 0) is 36.1 Å². The van der Waals surface area contributed by atoms with Gasteiger partial charge in [-0.25, -0.2) is 0 Å². The van der Waals surface area contributed by atoms with E-state index in [1.807, 2.05) is 18.2 Å². The van der Waals surface area contributed by atoms with E-state index in [4.69, 9.17) is 10.5 Å². The normalized spacial score (nSPS) is 17.0. The summed E-state index contributed by atoms with van der Waals surface area (Å²) >= 11 is 0. The van der Waals surface area contributed by atoms with Gasteiger partial charge in [-0.15, -0.1) is 0 Å². The molecule has 0 aliphatic carbocycles. The van der Waals surface area contributed by atoms with Gasteiger partial charge in [-0.2, -0.15) is 0 Å². The van der Waals surface area contributed by atoms with Gasteiger partial charge < -0.3 is 15.6 Å². The van der Waals surface area contributed by atoms with E-state index in [-0.39, 0.29) is 6.54 Å². The second-order valence-electron chi connectivity index (χ2n) is 3.57. The van der Waals surface area contributed by atoms with Gasteiger partial charge in [0.05, 0.1) is 12.7 Å². The van der Waals surface area contributed by atoms with Crippen LogP contribution in [0.2, 0.25) is 0 Å². The Balaban J connectivity index is 2.29. The monoisotopic (exact) mass is 193 g/mol. The fraction of sp³-hybridized carbons (Fsp3) is 0.455. The first-order valence-electron chi connectivity index (χ1n) is 4.95. The Morgan fingerprint density at radius 1 is 1.50 bits per heavy atom. The number of nitrogens with two attached hydrogens (primary N) is 1. The number of hydrogen-bond acceptors (Lipinski definition) is 3. The number of aryl methyl sites for hydroxylation is 1. The number of hydrogen-bond donors (Lipinski definition) is 2. The zero-order valence-electron chi connectivity index (χ0n) is 8.07. The molecule has 0 saturated carbocycles. The van der Waals surface area contributed by atoms with Gasteiger partial charge in [0.1, 0.15) is 5.75 Å². The molecule has 0 fully saturated rings. The van der Waals surface area contributed by atoms with Gasteiger partial charge >= 0.3 is 0 Å². The molecule has 14 heavy (non-hydrogen) atoms. The van der Waals surface area contributed by atoms with Crippen LogP contribution in [0.1, 0.15) is 23.7 Å². The lowest BCUT2D eigenvalue weighted by Gasteiger charge is -2.19. The van der Waals surface area contributed by atoms with E-state index in [0.717, 1.165) is 30.8 Å². The predicted molar refractivity (Wildman–Crippen MR) is 54.3 cm³/mol. The third-order valence-corrected chi connectivity index (χ3v) is 2.54. The van der Waals surface area contributed by atoms with E-state index in [1.54, 1.807) is 0 Å². The second-order valence-corrected chi connectivity index (χ2v) is 3.57. The van der Waals surface area contributed by atoms with Crippen molar-refractivity contribution in [2.24, 2.45) is 5.73 Å². The summed E-state index contributed by atoms with van der Waals surface area (Å²) in [5, 5.41) is 9.57. The summed E-state index contributed by atoms with van der Waals surface area (Å²) in [4.78, 5) is 0. The van der Waals surface area contributed by atoms with Crippen molar-refractivity contribution >= 4 is 0 Å². The van der Waals surface area contributed by atoms with Gasteiger partial charge in [-0.3, -0.25) is 0 Å². The van der Waals surface area contributed by atoms with Crippen LogP contribution in [0, 0.1) is 0 Å². The van der Waals surface area contributed by atoms with Crippen molar-refractivity contribution in [1.82, 2.24) is 0 Å². The average Bonchev–Trinajstić information content (AvgIpc) is 2.27. The van der Waals surface area contributed by atoms with Crippen LogP contribution in [0.25, 0.3) is 0 Å². The smallest absolute Gasteiger partial charge is 0.122 e. The number of rotatable bonds is 2. The highest BCUT2D eigenvalue weighted by molar-refractivity contribution is 5.39. The van der Waals surface area contributed by atoms with E-state index in [1.165, 1.54) is 5.56 Å².